The minimum Gasteiger partial charge on any atom is -0.443 e. The lowest BCUT2D eigenvalue weighted by Gasteiger charge is -2.27. The highest BCUT2D eigenvalue weighted by Gasteiger charge is 2.26. The number of carbonyl (C=O) groups excluding carboxylic acids is 1. The summed E-state index contributed by atoms with van der Waals surface area (Å²) in [7, 11) is 2.15. The number of unbranched alkanes of at least 4 members (excludes halogenated alkanes) is 1. The molecule has 1 amide bonds. The number of nitrogens with zero attached hydrogens (tertiary/aromatic N) is 3. The molecule has 0 spiro atoms. The van der Waals surface area contributed by atoms with Gasteiger partial charge in [0.15, 0.2) is 0 Å². The number of rotatable bonds is 5. The first kappa shape index (κ1) is 18.7. The molecule has 0 radical (unpaired) electrons. The first-order chi connectivity index (χ1) is 11.3. The van der Waals surface area contributed by atoms with Gasteiger partial charge in [-0.15, -0.1) is 0 Å². The Balaban J connectivity index is 2.15. The van der Waals surface area contributed by atoms with Crippen LogP contribution >= 0.6 is 0 Å². The molecule has 5 nitrogen and oxygen atoms in total. The minimum absolute atomic E-state index is 0.325. The van der Waals surface area contributed by atoms with E-state index in [1.165, 1.54) is 18.4 Å². The van der Waals surface area contributed by atoms with Crippen molar-refractivity contribution >= 4 is 11.9 Å². The highest BCUT2D eigenvalue weighted by molar-refractivity contribution is 5.86. The zero-order chi connectivity index (χ0) is 17.7. The predicted molar refractivity (Wildman–Crippen MR) is 97.3 cm³/mol. The van der Waals surface area contributed by atoms with E-state index < -0.39 is 5.60 Å². The van der Waals surface area contributed by atoms with E-state index in [0.29, 0.717) is 18.4 Å². The van der Waals surface area contributed by atoms with Crippen LogP contribution in [0.3, 0.4) is 0 Å². The molecule has 1 aromatic rings. The summed E-state index contributed by atoms with van der Waals surface area (Å²) in [5.41, 5.74) is 0.715. The third-order valence-electron chi connectivity index (χ3n) is 4.30. The molecular formula is C19H31N3O2. The number of aromatic nitrogens is 1. The molecule has 1 aromatic heterocycles. The molecule has 0 saturated carbocycles. The monoisotopic (exact) mass is 333 g/mol. The van der Waals surface area contributed by atoms with Crippen molar-refractivity contribution in [1.82, 2.24) is 9.88 Å². The van der Waals surface area contributed by atoms with Gasteiger partial charge in [0.25, 0.3) is 0 Å². The summed E-state index contributed by atoms with van der Waals surface area (Å²) < 4.78 is 5.54. The van der Waals surface area contributed by atoms with Gasteiger partial charge >= 0.3 is 6.09 Å². The topological polar surface area (TPSA) is 45.7 Å². The number of hydrogen-bond acceptors (Lipinski definition) is 4. The summed E-state index contributed by atoms with van der Waals surface area (Å²) in [6, 6.07) is 4.48. The van der Waals surface area contributed by atoms with Crippen molar-refractivity contribution in [2.75, 3.05) is 25.0 Å². The first-order valence-electron chi connectivity index (χ1n) is 8.98. The second-order valence-electron chi connectivity index (χ2n) is 7.57. The van der Waals surface area contributed by atoms with Gasteiger partial charge in [-0.05, 0) is 65.3 Å². The number of anilines is 1. The maximum absolute atomic E-state index is 12.5. The quantitative estimate of drug-likeness (QED) is 0.801. The van der Waals surface area contributed by atoms with Crippen molar-refractivity contribution in [3.63, 3.8) is 0 Å². The molecule has 1 saturated heterocycles. The summed E-state index contributed by atoms with van der Waals surface area (Å²) in [6.45, 7) is 9.52. The zero-order valence-electron chi connectivity index (χ0n) is 15.7. The van der Waals surface area contributed by atoms with Crippen LogP contribution in [0.15, 0.2) is 18.3 Å². The Morgan fingerprint density at radius 3 is 2.67 bits per heavy atom. The summed E-state index contributed by atoms with van der Waals surface area (Å²) in [5, 5.41) is 0. The Bertz CT molecular complexity index is 537. The van der Waals surface area contributed by atoms with Crippen LogP contribution in [0.5, 0.6) is 0 Å². The van der Waals surface area contributed by atoms with E-state index in [0.717, 1.165) is 19.4 Å². The maximum atomic E-state index is 12.5. The SMILES string of the molecule is CCCCN(C(=O)OC(C)(C)C)c1ccc([C@H]2CCCN2C)cn1. The molecule has 1 fully saturated rings. The highest BCUT2D eigenvalue weighted by atomic mass is 16.6. The molecule has 0 N–H and O–H groups in total. The van der Waals surface area contributed by atoms with Crippen molar-refractivity contribution in [3.8, 4) is 0 Å². The molecule has 0 bridgehead atoms. The molecule has 0 aliphatic carbocycles. The Morgan fingerprint density at radius 2 is 2.17 bits per heavy atom. The van der Waals surface area contributed by atoms with E-state index >= 15 is 0 Å². The lowest BCUT2D eigenvalue weighted by atomic mass is 10.1. The highest BCUT2D eigenvalue weighted by Crippen LogP contribution is 2.30. The van der Waals surface area contributed by atoms with Gasteiger partial charge < -0.3 is 4.74 Å². The van der Waals surface area contributed by atoms with E-state index in [1.54, 1.807) is 4.90 Å². The first-order valence-corrected chi connectivity index (χ1v) is 8.98. The van der Waals surface area contributed by atoms with Crippen molar-refractivity contribution in [2.24, 2.45) is 0 Å². The van der Waals surface area contributed by atoms with Gasteiger partial charge in [-0.2, -0.15) is 0 Å². The third kappa shape index (κ3) is 4.94. The van der Waals surface area contributed by atoms with Gasteiger partial charge in [-0.1, -0.05) is 19.4 Å². The lowest BCUT2D eigenvalue weighted by Crippen LogP contribution is -2.38. The predicted octanol–water partition coefficient (Wildman–Crippen LogP) is 4.39. The maximum Gasteiger partial charge on any atom is 0.416 e. The Kier molecular flexibility index (Phi) is 6.21. The largest absolute Gasteiger partial charge is 0.443 e. The van der Waals surface area contributed by atoms with Crippen LogP contribution in [0, 0.1) is 0 Å². The van der Waals surface area contributed by atoms with Crippen molar-refractivity contribution in [2.45, 2.75) is 65.0 Å². The fraction of sp³-hybridized carbons (Fsp3) is 0.684. The van der Waals surface area contributed by atoms with Crippen LogP contribution < -0.4 is 4.90 Å². The molecular weight excluding hydrogens is 302 g/mol. The normalized spacial score (nSPS) is 18.6. The van der Waals surface area contributed by atoms with Gasteiger partial charge in [0.1, 0.15) is 11.4 Å². The summed E-state index contributed by atoms with van der Waals surface area (Å²) in [4.78, 5) is 21.1. The number of likely N-dealkylation sites (tertiary alicyclic amines) is 1. The smallest absolute Gasteiger partial charge is 0.416 e. The van der Waals surface area contributed by atoms with E-state index in [9.17, 15) is 4.79 Å². The summed E-state index contributed by atoms with van der Waals surface area (Å²) >= 11 is 0. The number of pyridine rings is 1. The molecule has 2 heterocycles. The van der Waals surface area contributed by atoms with Crippen LogP contribution in [-0.2, 0) is 4.74 Å². The average molecular weight is 333 g/mol. The lowest BCUT2D eigenvalue weighted by molar-refractivity contribution is 0.0578. The molecule has 5 heteroatoms. The molecule has 134 valence electrons. The molecule has 1 atom stereocenters. The van der Waals surface area contributed by atoms with Crippen LogP contribution in [0.1, 0.15) is 65.0 Å². The van der Waals surface area contributed by atoms with Gasteiger partial charge in [0.05, 0.1) is 0 Å². The molecule has 0 unspecified atom stereocenters. The average Bonchev–Trinajstić information content (AvgIpc) is 2.93. The van der Waals surface area contributed by atoms with Crippen LogP contribution in [-0.4, -0.2) is 41.7 Å². The van der Waals surface area contributed by atoms with Crippen molar-refractivity contribution in [1.29, 1.82) is 0 Å². The molecule has 0 aromatic carbocycles. The molecule has 24 heavy (non-hydrogen) atoms. The van der Waals surface area contributed by atoms with Crippen LogP contribution in [0.4, 0.5) is 10.6 Å². The number of amides is 1. The molecule has 1 aliphatic rings. The second-order valence-corrected chi connectivity index (χ2v) is 7.57. The van der Waals surface area contributed by atoms with Crippen molar-refractivity contribution < 1.29 is 9.53 Å². The zero-order valence-corrected chi connectivity index (χ0v) is 15.7. The second kappa shape index (κ2) is 7.97. The third-order valence-corrected chi connectivity index (χ3v) is 4.30. The van der Waals surface area contributed by atoms with E-state index in [1.807, 2.05) is 33.0 Å². The van der Waals surface area contributed by atoms with Crippen LogP contribution in [0.25, 0.3) is 0 Å². The Morgan fingerprint density at radius 1 is 1.42 bits per heavy atom. The van der Waals surface area contributed by atoms with Gasteiger partial charge in [0.2, 0.25) is 0 Å². The van der Waals surface area contributed by atoms with Crippen LogP contribution in [0.2, 0.25) is 0 Å². The molecule has 2 rings (SSSR count). The van der Waals surface area contributed by atoms with Gasteiger partial charge in [-0.25, -0.2) is 9.78 Å². The van der Waals surface area contributed by atoms with Gasteiger partial charge in [0, 0.05) is 18.8 Å². The fourth-order valence-corrected chi connectivity index (χ4v) is 3.02. The van der Waals surface area contributed by atoms with Gasteiger partial charge in [-0.3, -0.25) is 9.80 Å². The Labute approximate surface area is 146 Å². The standard InChI is InChI=1S/C19H31N3O2/c1-6-7-13-22(18(23)24-19(2,3)4)17-11-10-15(14-20-17)16-9-8-12-21(16)5/h10-11,14,16H,6-9,12-13H2,1-5H3/t16-/m1/s1. The number of hydrogen-bond donors (Lipinski definition) is 0. The number of ether oxygens (including phenoxy) is 1. The van der Waals surface area contributed by atoms with E-state index in [2.05, 4.69) is 29.9 Å². The number of carbonyl (C=O) groups is 1. The minimum atomic E-state index is -0.506. The van der Waals surface area contributed by atoms with Crippen molar-refractivity contribution in [3.05, 3.63) is 23.9 Å². The van der Waals surface area contributed by atoms with E-state index in [-0.39, 0.29) is 6.09 Å². The summed E-state index contributed by atoms with van der Waals surface area (Å²) in [5.74, 6) is 0.669. The van der Waals surface area contributed by atoms with E-state index in [4.69, 9.17) is 4.74 Å². The molecule has 1 aliphatic heterocycles. The summed E-state index contributed by atoms with van der Waals surface area (Å²) in [6.07, 6.45) is 5.92. The fourth-order valence-electron chi connectivity index (χ4n) is 3.02. The Hall–Kier alpha value is -1.62.